The predicted octanol–water partition coefficient (Wildman–Crippen LogP) is 3.75. The van der Waals surface area contributed by atoms with E-state index in [-0.39, 0.29) is 48.8 Å². The van der Waals surface area contributed by atoms with E-state index < -0.39 is 18.3 Å². The summed E-state index contributed by atoms with van der Waals surface area (Å²) in [6, 6.07) is 9.94. The second-order valence-corrected chi connectivity index (χ2v) is 5.96. The molecule has 0 unspecified atom stereocenters. The zero-order chi connectivity index (χ0) is 21.9. The molecule has 0 saturated heterocycles. The van der Waals surface area contributed by atoms with E-state index in [4.69, 9.17) is 4.74 Å². The second-order valence-electron chi connectivity index (χ2n) is 5.96. The standard InChI is InChI=1S/C20H23F3N4O3.HI/c1-3-24-20(26-12-18(28)27-15-6-4-5-14(21)10-15)25-11-13-9-16(29-2)7-8-17(13)30-19(22)23;/h4-10,19H,3,11-12H2,1-2H3,(H,27,28)(H2,24,25,26);1H. The van der Waals surface area contributed by atoms with Gasteiger partial charge in [-0.2, -0.15) is 8.78 Å². The SMILES string of the molecule is CCNC(=NCc1cc(OC)ccc1OC(F)F)NCC(=O)Nc1cccc(F)c1.I. The van der Waals surface area contributed by atoms with Gasteiger partial charge in [0.2, 0.25) is 5.91 Å². The first-order valence-corrected chi connectivity index (χ1v) is 9.10. The molecule has 0 atom stereocenters. The smallest absolute Gasteiger partial charge is 0.387 e. The minimum absolute atomic E-state index is 0. The van der Waals surface area contributed by atoms with Gasteiger partial charge in [-0.3, -0.25) is 4.79 Å². The van der Waals surface area contributed by atoms with Crippen LogP contribution in [-0.2, 0) is 11.3 Å². The number of alkyl halides is 2. The fourth-order valence-electron chi connectivity index (χ4n) is 2.46. The molecule has 2 aromatic rings. The van der Waals surface area contributed by atoms with Crippen LogP contribution in [0.2, 0.25) is 0 Å². The van der Waals surface area contributed by atoms with Crippen LogP contribution in [0.3, 0.4) is 0 Å². The summed E-state index contributed by atoms with van der Waals surface area (Å²) < 4.78 is 48.1. The Kier molecular flexibility index (Phi) is 11.5. The maximum atomic E-state index is 13.2. The molecule has 0 bridgehead atoms. The molecule has 0 fully saturated rings. The number of nitrogens with zero attached hydrogens (tertiary/aromatic N) is 1. The molecule has 0 aliphatic heterocycles. The molecule has 2 aromatic carbocycles. The van der Waals surface area contributed by atoms with Crippen molar-refractivity contribution >= 4 is 41.5 Å². The molecule has 0 radical (unpaired) electrons. The van der Waals surface area contributed by atoms with Gasteiger partial charge in [-0.05, 0) is 43.3 Å². The number of guanidine groups is 1. The molecule has 7 nitrogen and oxygen atoms in total. The molecule has 0 aliphatic carbocycles. The summed E-state index contributed by atoms with van der Waals surface area (Å²) in [7, 11) is 1.46. The fraction of sp³-hybridized carbons (Fsp3) is 0.300. The van der Waals surface area contributed by atoms with E-state index >= 15 is 0 Å². The Hall–Kier alpha value is -2.70. The van der Waals surface area contributed by atoms with E-state index in [0.717, 1.165) is 0 Å². The van der Waals surface area contributed by atoms with E-state index in [1.54, 1.807) is 12.1 Å². The molecule has 2 rings (SSSR count). The maximum absolute atomic E-state index is 13.2. The van der Waals surface area contributed by atoms with Gasteiger partial charge in [-0.15, -0.1) is 24.0 Å². The van der Waals surface area contributed by atoms with Crippen molar-refractivity contribution in [2.45, 2.75) is 20.1 Å². The van der Waals surface area contributed by atoms with Crippen molar-refractivity contribution in [1.29, 1.82) is 0 Å². The number of halogens is 4. The summed E-state index contributed by atoms with van der Waals surface area (Å²) in [5.41, 5.74) is 0.713. The van der Waals surface area contributed by atoms with Crippen LogP contribution in [0.5, 0.6) is 11.5 Å². The quantitative estimate of drug-likeness (QED) is 0.251. The molecule has 0 aromatic heterocycles. The summed E-state index contributed by atoms with van der Waals surface area (Å²) in [5.74, 6) is -0.133. The lowest BCUT2D eigenvalue weighted by Crippen LogP contribution is -2.41. The van der Waals surface area contributed by atoms with Crippen molar-refractivity contribution in [2.75, 3.05) is 25.5 Å². The highest BCUT2D eigenvalue weighted by Gasteiger charge is 2.11. The number of rotatable bonds is 9. The van der Waals surface area contributed by atoms with Gasteiger partial charge in [0.05, 0.1) is 20.2 Å². The Bertz CT molecular complexity index is 884. The highest BCUT2D eigenvalue weighted by atomic mass is 127. The van der Waals surface area contributed by atoms with Gasteiger partial charge in [0.25, 0.3) is 0 Å². The molecule has 0 saturated carbocycles. The highest BCUT2D eigenvalue weighted by Crippen LogP contribution is 2.26. The summed E-state index contributed by atoms with van der Waals surface area (Å²) in [4.78, 5) is 16.4. The van der Waals surface area contributed by atoms with Crippen LogP contribution < -0.4 is 25.4 Å². The third kappa shape index (κ3) is 9.32. The summed E-state index contributed by atoms with van der Waals surface area (Å²) in [5, 5.41) is 8.33. The maximum Gasteiger partial charge on any atom is 0.387 e. The lowest BCUT2D eigenvalue weighted by Gasteiger charge is -2.13. The van der Waals surface area contributed by atoms with E-state index in [1.807, 2.05) is 6.92 Å². The number of aliphatic imine (C=N–C) groups is 1. The normalized spacial score (nSPS) is 10.8. The van der Waals surface area contributed by atoms with E-state index in [0.29, 0.717) is 23.5 Å². The first-order chi connectivity index (χ1) is 14.4. The fourth-order valence-corrected chi connectivity index (χ4v) is 2.46. The van der Waals surface area contributed by atoms with Gasteiger partial charge in [0.1, 0.15) is 17.3 Å². The summed E-state index contributed by atoms with van der Waals surface area (Å²) >= 11 is 0. The Morgan fingerprint density at radius 1 is 1.16 bits per heavy atom. The first kappa shape index (κ1) is 26.3. The lowest BCUT2D eigenvalue weighted by atomic mass is 10.2. The van der Waals surface area contributed by atoms with E-state index in [2.05, 4.69) is 25.7 Å². The van der Waals surface area contributed by atoms with Crippen molar-refractivity contribution in [1.82, 2.24) is 10.6 Å². The van der Waals surface area contributed by atoms with E-state index in [9.17, 15) is 18.0 Å². The summed E-state index contributed by atoms with van der Waals surface area (Å²) in [6.07, 6.45) is 0. The number of hydrogen-bond acceptors (Lipinski definition) is 4. The zero-order valence-electron chi connectivity index (χ0n) is 17.0. The molecule has 170 valence electrons. The van der Waals surface area contributed by atoms with Gasteiger partial charge in [-0.25, -0.2) is 9.38 Å². The van der Waals surface area contributed by atoms with Crippen LogP contribution in [0.1, 0.15) is 12.5 Å². The number of hydrogen-bond donors (Lipinski definition) is 3. The number of amides is 1. The lowest BCUT2D eigenvalue weighted by molar-refractivity contribution is -0.115. The number of anilines is 1. The van der Waals surface area contributed by atoms with Crippen molar-refractivity contribution in [3.63, 3.8) is 0 Å². The molecule has 31 heavy (non-hydrogen) atoms. The van der Waals surface area contributed by atoms with Gasteiger partial charge in [-0.1, -0.05) is 6.07 Å². The zero-order valence-corrected chi connectivity index (χ0v) is 19.3. The largest absolute Gasteiger partial charge is 0.497 e. The minimum Gasteiger partial charge on any atom is -0.497 e. The molecule has 3 N–H and O–H groups in total. The Morgan fingerprint density at radius 2 is 1.94 bits per heavy atom. The average Bonchev–Trinajstić information content (AvgIpc) is 2.70. The van der Waals surface area contributed by atoms with Crippen molar-refractivity contribution < 1.29 is 27.4 Å². The third-order valence-electron chi connectivity index (χ3n) is 3.76. The molecular formula is C20H24F3IN4O3. The number of carbonyl (C=O) groups excluding carboxylic acids is 1. The van der Waals surface area contributed by atoms with Crippen LogP contribution in [0.15, 0.2) is 47.5 Å². The molecule has 11 heteroatoms. The van der Waals surface area contributed by atoms with Crippen LogP contribution in [0.4, 0.5) is 18.9 Å². The number of ether oxygens (including phenoxy) is 2. The van der Waals surface area contributed by atoms with E-state index in [1.165, 1.54) is 37.4 Å². The number of carbonyl (C=O) groups is 1. The van der Waals surface area contributed by atoms with Gasteiger partial charge in [0, 0.05) is 17.8 Å². The monoisotopic (exact) mass is 552 g/mol. The van der Waals surface area contributed by atoms with Gasteiger partial charge < -0.3 is 25.4 Å². The first-order valence-electron chi connectivity index (χ1n) is 9.10. The van der Waals surface area contributed by atoms with Crippen molar-refractivity contribution in [2.24, 2.45) is 4.99 Å². The minimum atomic E-state index is -2.97. The van der Waals surface area contributed by atoms with Crippen LogP contribution in [0.25, 0.3) is 0 Å². The van der Waals surface area contributed by atoms with Crippen molar-refractivity contribution in [3.8, 4) is 11.5 Å². The molecule has 0 aliphatic rings. The number of benzene rings is 2. The van der Waals surface area contributed by atoms with Gasteiger partial charge >= 0.3 is 6.61 Å². The molecule has 0 spiro atoms. The van der Waals surface area contributed by atoms with Crippen molar-refractivity contribution in [3.05, 3.63) is 53.8 Å². The molecule has 0 heterocycles. The topological polar surface area (TPSA) is 84.0 Å². The second kappa shape index (κ2) is 13.6. The molecule has 1 amide bonds. The van der Waals surface area contributed by atoms with Crippen LogP contribution >= 0.6 is 24.0 Å². The Balaban J connectivity index is 0.00000480. The predicted molar refractivity (Wildman–Crippen MR) is 123 cm³/mol. The van der Waals surface area contributed by atoms with Crippen LogP contribution in [0, 0.1) is 5.82 Å². The number of methoxy groups -OCH3 is 1. The number of nitrogens with one attached hydrogen (secondary N) is 3. The average molecular weight is 552 g/mol. The highest BCUT2D eigenvalue weighted by molar-refractivity contribution is 14.0. The van der Waals surface area contributed by atoms with Crippen LogP contribution in [-0.4, -0.2) is 38.7 Å². The third-order valence-corrected chi connectivity index (χ3v) is 3.76. The Labute approximate surface area is 195 Å². The van der Waals surface area contributed by atoms with Gasteiger partial charge in [0.15, 0.2) is 5.96 Å². The Morgan fingerprint density at radius 3 is 2.58 bits per heavy atom. The molecular weight excluding hydrogens is 528 g/mol. The summed E-state index contributed by atoms with van der Waals surface area (Å²) in [6.45, 7) is -0.767.